The summed E-state index contributed by atoms with van der Waals surface area (Å²) in [6.07, 6.45) is 4.64. The summed E-state index contributed by atoms with van der Waals surface area (Å²) in [5.74, 6) is -1.68. The smallest absolute Gasteiger partial charge is 0.330 e. The zero-order valence-electron chi connectivity index (χ0n) is 16.9. The summed E-state index contributed by atoms with van der Waals surface area (Å²) in [4.78, 5) is 49.8. The van der Waals surface area contributed by atoms with Crippen molar-refractivity contribution in [3.8, 4) is 0 Å². The molecule has 0 radical (unpaired) electrons. The van der Waals surface area contributed by atoms with Gasteiger partial charge >= 0.3 is 12.0 Å². The number of fused-ring (bicyclic) bond motifs is 1. The predicted molar refractivity (Wildman–Crippen MR) is 110 cm³/mol. The summed E-state index contributed by atoms with van der Waals surface area (Å²) in [5.41, 5.74) is 0.751. The number of amides is 4. The number of nitrogens with zero attached hydrogens (tertiary/aromatic N) is 1. The number of rotatable bonds is 5. The highest BCUT2D eigenvalue weighted by atomic mass is 32.2. The molecule has 0 unspecified atom stereocenters. The van der Waals surface area contributed by atoms with Crippen molar-refractivity contribution in [2.45, 2.75) is 55.5 Å². The summed E-state index contributed by atoms with van der Waals surface area (Å²) >= 11 is 1.44. The van der Waals surface area contributed by atoms with Crippen molar-refractivity contribution in [1.29, 1.82) is 0 Å². The predicted octanol–water partition coefficient (Wildman–Crippen LogP) is 2.03. The van der Waals surface area contributed by atoms with Crippen LogP contribution in [0.25, 0.3) is 0 Å². The van der Waals surface area contributed by atoms with Crippen molar-refractivity contribution in [3.05, 3.63) is 35.6 Å². The molecular formula is C21H24FN3O5S. The number of thioether (sulfide) groups is 1. The number of carbonyl (C=O) groups excluding carboxylic acids is 4. The van der Waals surface area contributed by atoms with Gasteiger partial charge in [0, 0.05) is 18.2 Å². The zero-order chi connectivity index (χ0) is 22.0. The number of benzene rings is 1. The number of hydrogen-bond acceptors (Lipinski definition) is 6. The van der Waals surface area contributed by atoms with Crippen molar-refractivity contribution in [2.75, 3.05) is 12.4 Å². The molecule has 3 fully saturated rings. The first-order valence-electron chi connectivity index (χ1n) is 10.4. The first kappa shape index (κ1) is 21.6. The van der Waals surface area contributed by atoms with Crippen LogP contribution in [0.3, 0.4) is 0 Å². The van der Waals surface area contributed by atoms with Gasteiger partial charge in [0.1, 0.15) is 16.7 Å². The minimum absolute atomic E-state index is 0.0617. The lowest BCUT2D eigenvalue weighted by molar-refractivity contribution is -0.156. The SMILES string of the molecule is O=C(COC(=O)[C@@H]1CS[C@]2(c3ccc(F)cc3)CCC(=O)N12)NC(=O)NC1CCCC1. The van der Waals surface area contributed by atoms with E-state index in [1.807, 2.05) is 0 Å². The van der Waals surface area contributed by atoms with Gasteiger partial charge in [-0.15, -0.1) is 11.8 Å². The maximum atomic E-state index is 13.3. The second-order valence-electron chi connectivity index (χ2n) is 7.99. The molecule has 0 aromatic heterocycles. The molecule has 31 heavy (non-hydrogen) atoms. The molecule has 4 amide bonds. The number of carbonyl (C=O) groups is 4. The van der Waals surface area contributed by atoms with E-state index in [1.54, 1.807) is 12.1 Å². The third-order valence-corrected chi connectivity index (χ3v) is 7.58. The Morgan fingerprint density at radius 2 is 1.90 bits per heavy atom. The van der Waals surface area contributed by atoms with E-state index >= 15 is 0 Å². The Hall–Kier alpha value is -2.62. The Kier molecular flexibility index (Phi) is 6.17. The van der Waals surface area contributed by atoms with Crippen LogP contribution in [0.15, 0.2) is 24.3 Å². The molecular weight excluding hydrogens is 425 g/mol. The number of esters is 1. The molecule has 4 rings (SSSR count). The van der Waals surface area contributed by atoms with Crippen molar-refractivity contribution in [1.82, 2.24) is 15.5 Å². The van der Waals surface area contributed by atoms with Crippen LogP contribution >= 0.6 is 11.8 Å². The van der Waals surface area contributed by atoms with E-state index in [2.05, 4.69) is 10.6 Å². The fourth-order valence-electron chi connectivity index (χ4n) is 4.52. The molecule has 3 aliphatic rings. The lowest BCUT2D eigenvalue weighted by Gasteiger charge is -2.33. The van der Waals surface area contributed by atoms with Crippen LogP contribution < -0.4 is 10.6 Å². The van der Waals surface area contributed by atoms with Gasteiger partial charge in [-0.3, -0.25) is 14.9 Å². The third-order valence-electron chi connectivity index (χ3n) is 5.98. The van der Waals surface area contributed by atoms with Gasteiger partial charge in [0.2, 0.25) is 5.91 Å². The maximum absolute atomic E-state index is 13.3. The number of imide groups is 1. The molecule has 2 atom stereocenters. The average Bonchev–Trinajstić information content (AvgIpc) is 3.45. The fourth-order valence-corrected chi connectivity index (χ4v) is 6.15. The molecule has 2 aliphatic heterocycles. The van der Waals surface area contributed by atoms with Gasteiger partial charge in [-0.1, -0.05) is 25.0 Å². The van der Waals surface area contributed by atoms with E-state index in [9.17, 15) is 23.6 Å². The molecule has 1 aromatic rings. The van der Waals surface area contributed by atoms with E-state index in [-0.39, 0.29) is 24.2 Å². The highest BCUT2D eigenvalue weighted by Gasteiger charge is 2.57. The average molecular weight is 450 g/mol. The number of urea groups is 1. The monoisotopic (exact) mass is 449 g/mol. The minimum Gasteiger partial charge on any atom is -0.454 e. The topological polar surface area (TPSA) is 105 Å². The standard InChI is InChI=1S/C21H24FN3O5S/c22-14-7-5-13(6-8-14)21-10-9-18(27)25(21)16(12-31-21)19(28)30-11-17(26)24-20(29)23-15-3-1-2-4-15/h5-8,15-16H,1-4,9-12H2,(H2,23,24,26,29)/t16-,21-/m0/s1. The normalized spacial score (nSPS) is 25.4. The fraction of sp³-hybridized carbons (Fsp3) is 0.524. The Labute approximate surface area is 183 Å². The quantitative estimate of drug-likeness (QED) is 0.667. The number of nitrogens with one attached hydrogen (secondary N) is 2. The van der Waals surface area contributed by atoms with Gasteiger partial charge in [0.15, 0.2) is 6.61 Å². The van der Waals surface area contributed by atoms with Crippen LogP contribution in [0.5, 0.6) is 0 Å². The van der Waals surface area contributed by atoms with E-state index in [0.717, 1.165) is 31.2 Å². The maximum Gasteiger partial charge on any atom is 0.330 e. The molecule has 2 saturated heterocycles. The molecule has 2 N–H and O–H groups in total. The van der Waals surface area contributed by atoms with Crippen LogP contribution in [-0.2, 0) is 24.0 Å². The lowest BCUT2D eigenvalue weighted by Crippen LogP contribution is -2.48. The summed E-state index contributed by atoms with van der Waals surface area (Å²) in [5, 5.41) is 4.88. The van der Waals surface area contributed by atoms with Crippen molar-refractivity contribution in [3.63, 3.8) is 0 Å². The summed E-state index contributed by atoms with van der Waals surface area (Å²) < 4.78 is 18.5. The molecule has 1 aliphatic carbocycles. The second-order valence-corrected chi connectivity index (χ2v) is 9.29. The van der Waals surface area contributed by atoms with Crippen LogP contribution in [-0.4, -0.2) is 53.2 Å². The molecule has 1 saturated carbocycles. The van der Waals surface area contributed by atoms with Gasteiger partial charge < -0.3 is 15.0 Å². The number of hydrogen-bond donors (Lipinski definition) is 2. The Balaban J connectivity index is 1.34. The van der Waals surface area contributed by atoms with E-state index in [4.69, 9.17) is 4.74 Å². The number of ether oxygens (including phenoxy) is 1. The van der Waals surface area contributed by atoms with Crippen molar-refractivity contribution >= 4 is 35.6 Å². The van der Waals surface area contributed by atoms with Crippen LogP contribution in [0, 0.1) is 5.82 Å². The minimum atomic E-state index is -0.842. The molecule has 8 nitrogen and oxygen atoms in total. The Bertz CT molecular complexity index is 890. The summed E-state index contributed by atoms with van der Waals surface area (Å²) in [6.45, 7) is -0.607. The Morgan fingerprint density at radius 3 is 2.61 bits per heavy atom. The molecule has 0 bridgehead atoms. The molecule has 166 valence electrons. The summed E-state index contributed by atoms with van der Waals surface area (Å²) in [6, 6.07) is 4.53. The van der Waals surface area contributed by atoms with Gasteiger partial charge in [0.25, 0.3) is 5.91 Å². The van der Waals surface area contributed by atoms with Crippen LogP contribution in [0.1, 0.15) is 44.1 Å². The second kappa shape index (κ2) is 8.86. The van der Waals surface area contributed by atoms with Gasteiger partial charge in [0.05, 0.1) is 0 Å². The van der Waals surface area contributed by atoms with Gasteiger partial charge in [-0.2, -0.15) is 0 Å². The zero-order valence-corrected chi connectivity index (χ0v) is 17.7. The first-order chi connectivity index (χ1) is 14.9. The Morgan fingerprint density at radius 1 is 1.19 bits per heavy atom. The van der Waals surface area contributed by atoms with Crippen LogP contribution in [0.4, 0.5) is 9.18 Å². The summed E-state index contributed by atoms with van der Waals surface area (Å²) in [7, 11) is 0. The molecule has 2 heterocycles. The highest BCUT2D eigenvalue weighted by molar-refractivity contribution is 8.00. The largest absolute Gasteiger partial charge is 0.454 e. The number of halogens is 1. The highest BCUT2D eigenvalue weighted by Crippen LogP contribution is 2.54. The van der Waals surface area contributed by atoms with E-state index < -0.39 is 35.4 Å². The van der Waals surface area contributed by atoms with Crippen molar-refractivity contribution in [2.24, 2.45) is 0 Å². The van der Waals surface area contributed by atoms with E-state index in [0.29, 0.717) is 12.2 Å². The molecule has 10 heteroatoms. The lowest BCUT2D eigenvalue weighted by atomic mass is 10.0. The first-order valence-corrected chi connectivity index (χ1v) is 11.4. The molecule has 1 aromatic carbocycles. The molecule has 0 spiro atoms. The third kappa shape index (κ3) is 4.39. The van der Waals surface area contributed by atoms with Gasteiger partial charge in [-0.05, 0) is 37.0 Å². The van der Waals surface area contributed by atoms with Crippen LogP contribution in [0.2, 0.25) is 0 Å². The van der Waals surface area contributed by atoms with Crippen molar-refractivity contribution < 1.29 is 28.3 Å². The van der Waals surface area contributed by atoms with Gasteiger partial charge in [-0.25, -0.2) is 14.0 Å². The van der Waals surface area contributed by atoms with E-state index in [1.165, 1.54) is 28.8 Å².